The van der Waals surface area contributed by atoms with E-state index in [1.165, 1.54) is 5.56 Å². The van der Waals surface area contributed by atoms with Gasteiger partial charge in [-0.25, -0.2) is 4.98 Å². The number of hydrogen-bond donors (Lipinski definition) is 1. The normalized spacial score (nSPS) is 14.9. The first-order valence-electron chi connectivity index (χ1n) is 10.1. The van der Waals surface area contributed by atoms with E-state index in [9.17, 15) is 4.79 Å². The van der Waals surface area contributed by atoms with Gasteiger partial charge in [-0.15, -0.1) is 6.42 Å². The summed E-state index contributed by atoms with van der Waals surface area (Å²) >= 11 is 0. The highest BCUT2D eigenvalue weighted by molar-refractivity contribution is 5.48. The van der Waals surface area contributed by atoms with Crippen LogP contribution >= 0.6 is 0 Å². The number of aromatic nitrogens is 3. The van der Waals surface area contributed by atoms with Gasteiger partial charge in [0.1, 0.15) is 18.1 Å². The molecule has 0 saturated carbocycles. The Morgan fingerprint density at radius 2 is 1.97 bits per heavy atom. The van der Waals surface area contributed by atoms with Crippen molar-refractivity contribution < 1.29 is 4.74 Å². The van der Waals surface area contributed by atoms with Crippen LogP contribution in [0.4, 0.5) is 0 Å². The molecule has 0 spiro atoms. The van der Waals surface area contributed by atoms with Gasteiger partial charge in [0, 0.05) is 24.7 Å². The summed E-state index contributed by atoms with van der Waals surface area (Å²) in [5.41, 5.74) is 2.65. The zero-order chi connectivity index (χ0) is 20.8. The Morgan fingerprint density at radius 3 is 2.67 bits per heavy atom. The highest BCUT2D eigenvalue weighted by Gasteiger charge is 2.22. The van der Waals surface area contributed by atoms with Crippen LogP contribution in [0.5, 0.6) is 5.75 Å². The van der Waals surface area contributed by atoms with Crippen LogP contribution in [0, 0.1) is 12.3 Å². The molecular formula is C24H24N4O2. The molecule has 0 amide bonds. The number of likely N-dealkylation sites (tertiary alicyclic amines) is 1. The third-order valence-electron chi connectivity index (χ3n) is 5.33. The highest BCUT2D eigenvalue weighted by atomic mass is 16.5. The molecule has 0 aliphatic carbocycles. The molecule has 2 aromatic heterocycles. The quantitative estimate of drug-likeness (QED) is 0.644. The van der Waals surface area contributed by atoms with E-state index in [-0.39, 0.29) is 18.1 Å². The smallest absolute Gasteiger partial charge is 0.251 e. The summed E-state index contributed by atoms with van der Waals surface area (Å²) in [6.07, 6.45) is 8.87. The number of nitrogens with one attached hydrogen (secondary N) is 1. The maximum Gasteiger partial charge on any atom is 0.251 e. The second-order valence-electron chi connectivity index (χ2n) is 7.42. The summed E-state index contributed by atoms with van der Waals surface area (Å²) in [5.74, 6) is 4.08. The molecule has 3 aromatic rings. The Labute approximate surface area is 176 Å². The van der Waals surface area contributed by atoms with Gasteiger partial charge in [-0.2, -0.15) is 0 Å². The molecule has 0 radical (unpaired) electrons. The van der Waals surface area contributed by atoms with Crippen molar-refractivity contribution in [3.05, 3.63) is 76.3 Å². The molecular weight excluding hydrogens is 376 g/mol. The van der Waals surface area contributed by atoms with Crippen molar-refractivity contribution >= 4 is 0 Å². The van der Waals surface area contributed by atoms with Gasteiger partial charge in [0.25, 0.3) is 5.56 Å². The van der Waals surface area contributed by atoms with Gasteiger partial charge in [-0.05, 0) is 55.8 Å². The van der Waals surface area contributed by atoms with Crippen LogP contribution in [0.3, 0.4) is 0 Å². The first-order valence-corrected chi connectivity index (χ1v) is 10.1. The molecule has 1 fully saturated rings. The van der Waals surface area contributed by atoms with Gasteiger partial charge in [0.2, 0.25) is 0 Å². The van der Waals surface area contributed by atoms with Gasteiger partial charge in [-0.1, -0.05) is 24.1 Å². The molecule has 1 aliphatic heterocycles. The van der Waals surface area contributed by atoms with Gasteiger partial charge in [-0.3, -0.25) is 14.7 Å². The molecule has 4 rings (SSSR count). The number of benzene rings is 1. The van der Waals surface area contributed by atoms with E-state index in [1.54, 1.807) is 12.3 Å². The monoisotopic (exact) mass is 400 g/mol. The first-order chi connectivity index (χ1) is 14.7. The Bertz CT molecular complexity index is 1060. The summed E-state index contributed by atoms with van der Waals surface area (Å²) in [6, 6.07) is 15.3. The molecule has 1 N–H and O–H groups in total. The summed E-state index contributed by atoms with van der Waals surface area (Å²) in [5, 5.41) is 0. The lowest BCUT2D eigenvalue weighted by molar-refractivity contribution is 0.203. The largest absolute Gasteiger partial charge is 0.481 e. The zero-order valence-corrected chi connectivity index (χ0v) is 16.8. The fourth-order valence-corrected chi connectivity index (χ4v) is 3.77. The van der Waals surface area contributed by atoms with Crippen LogP contribution in [0.1, 0.15) is 30.0 Å². The van der Waals surface area contributed by atoms with Gasteiger partial charge in [0.15, 0.2) is 5.82 Å². The Kier molecular flexibility index (Phi) is 6.21. The van der Waals surface area contributed by atoms with Crippen molar-refractivity contribution in [2.45, 2.75) is 25.3 Å². The topological polar surface area (TPSA) is 71.1 Å². The summed E-state index contributed by atoms with van der Waals surface area (Å²) in [7, 11) is 0. The third-order valence-corrected chi connectivity index (χ3v) is 5.33. The van der Waals surface area contributed by atoms with Crippen LogP contribution in [0.25, 0.3) is 11.5 Å². The molecule has 6 heteroatoms. The van der Waals surface area contributed by atoms with Crippen molar-refractivity contribution in [2.24, 2.45) is 0 Å². The average molecular weight is 400 g/mol. The molecule has 30 heavy (non-hydrogen) atoms. The molecule has 152 valence electrons. The number of H-pyrrole nitrogens is 1. The van der Waals surface area contributed by atoms with E-state index >= 15 is 0 Å². The van der Waals surface area contributed by atoms with Crippen LogP contribution in [-0.2, 0) is 6.54 Å². The third kappa shape index (κ3) is 4.94. The lowest BCUT2D eigenvalue weighted by Gasteiger charge is -2.31. The Hall–Kier alpha value is -3.43. The summed E-state index contributed by atoms with van der Waals surface area (Å²) in [6.45, 7) is 3.11. The van der Waals surface area contributed by atoms with E-state index in [1.807, 2.05) is 30.3 Å². The predicted octanol–water partition coefficient (Wildman–Crippen LogP) is 3.22. The number of ether oxygens (including phenoxy) is 1. The minimum atomic E-state index is -0.129. The van der Waals surface area contributed by atoms with Crippen molar-refractivity contribution in [1.29, 1.82) is 0 Å². The number of piperidine rings is 1. The highest BCUT2D eigenvalue weighted by Crippen LogP contribution is 2.28. The zero-order valence-electron chi connectivity index (χ0n) is 16.8. The first kappa shape index (κ1) is 19.9. The fourth-order valence-electron chi connectivity index (χ4n) is 3.77. The second kappa shape index (κ2) is 9.38. The van der Waals surface area contributed by atoms with Gasteiger partial charge < -0.3 is 9.72 Å². The van der Waals surface area contributed by atoms with Gasteiger partial charge in [0.05, 0.1) is 5.69 Å². The van der Waals surface area contributed by atoms with Crippen LogP contribution < -0.4 is 10.3 Å². The van der Waals surface area contributed by atoms with Gasteiger partial charge >= 0.3 is 0 Å². The average Bonchev–Trinajstić information content (AvgIpc) is 2.79. The van der Waals surface area contributed by atoms with E-state index in [4.69, 9.17) is 16.1 Å². The number of hydrogen-bond acceptors (Lipinski definition) is 5. The predicted molar refractivity (Wildman–Crippen MR) is 116 cm³/mol. The Morgan fingerprint density at radius 1 is 1.17 bits per heavy atom. The molecule has 6 nitrogen and oxygen atoms in total. The number of terminal acetylenes is 1. The molecule has 3 heterocycles. The molecule has 0 unspecified atom stereocenters. The van der Waals surface area contributed by atoms with E-state index < -0.39 is 0 Å². The number of rotatable bonds is 6. The molecule has 0 atom stereocenters. The van der Waals surface area contributed by atoms with Crippen LogP contribution in [0.15, 0.2) is 59.5 Å². The standard InChI is InChI=1S/C24H24N4O2/c1-2-15-30-20-8-6-18(7-9-20)17-28-13-10-19(11-14-28)22-16-23(29)27-24(26-22)21-5-3-4-12-25-21/h1,3-9,12,16,19H,10-11,13-15,17H2,(H,26,27,29). The minimum absolute atomic E-state index is 0.129. The second-order valence-corrected chi connectivity index (χ2v) is 7.42. The minimum Gasteiger partial charge on any atom is -0.481 e. The maximum absolute atomic E-state index is 12.2. The molecule has 1 saturated heterocycles. The number of nitrogens with zero attached hydrogens (tertiary/aromatic N) is 3. The van der Waals surface area contributed by atoms with Crippen LogP contribution in [0.2, 0.25) is 0 Å². The lowest BCUT2D eigenvalue weighted by Crippen LogP contribution is -2.33. The van der Waals surface area contributed by atoms with Crippen molar-refractivity contribution in [3.63, 3.8) is 0 Å². The summed E-state index contributed by atoms with van der Waals surface area (Å²) < 4.78 is 5.43. The van der Waals surface area contributed by atoms with Crippen LogP contribution in [-0.4, -0.2) is 39.5 Å². The maximum atomic E-state index is 12.2. The van der Waals surface area contributed by atoms with Crippen molar-refractivity contribution in [2.75, 3.05) is 19.7 Å². The molecule has 1 aromatic carbocycles. The SMILES string of the molecule is C#CCOc1ccc(CN2CCC(c3cc(=O)[nH]c(-c4ccccn4)n3)CC2)cc1. The number of aromatic amines is 1. The van der Waals surface area contributed by atoms with E-state index in [0.29, 0.717) is 11.5 Å². The summed E-state index contributed by atoms with van der Waals surface area (Å²) in [4.78, 5) is 26.4. The number of pyridine rings is 1. The Balaban J connectivity index is 1.37. The molecule has 1 aliphatic rings. The van der Waals surface area contributed by atoms with Crippen molar-refractivity contribution in [3.8, 4) is 29.6 Å². The van der Waals surface area contributed by atoms with Crippen molar-refractivity contribution in [1.82, 2.24) is 19.9 Å². The molecule has 0 bridgehead atoms. The van der Waals surface area contributed by atoms with E-state index in [2.05, 4.69) is 32.9 Å². The van der Waals surface area contributed by atoms with E-state index in [0.717, 1.165) is 43.9 Å². The fraction of sp³-hybridized carbons (Fsp3) is 0.292. The lowest BCUT2D eigenvalue weighted by atomic mass is 9.93.